The van der Waals surface area contributed by atoms with Crippen molar-refractivity contribution in [2.45, 2.75) is 12.8 Å². The maximum atomic E-state index is 5.91. The molecule has 0 aliphatic carbocycles. The van der Waals surface area contributed by atoms with Crippen LogP contribution in [-0.2, 0) is 5.88 Å². The van der Waals surface area contributed by atoms with Crippen molar-refractivity contribution in [3.8, 4) is 5.75 Å². The molecule has 1 aromatic heterocycles. The van der Waals surface area contributed by atoms with Crippen molar-refractivity contribution in [1.29, 1.82) is 0 Å². The van der Waals surface area contributed by atoms with Gasteiger partial charge in [-0.1, -0.05) is 0 Å². The Morgan fingerprint density at radius 3 is 2.93 bits per heavy atom. The number of hydrogen-bond acceptors (Lipinski definition) is 2. The van der Waals surface area contributed by atoms with E-state index in [0.717, 1.165) is 11.3 Å². The summed E-state index contributed by atoms with van der Waals surface area (Å²) in [5.74, 6) is 1.40. The smallest absolute Gasteiger partial charge is 0.124 e. The Hall–Kier alpha value is -0.730. The van der Waals surface area contributed by atoms with Crippen LogP contribution in [0.3, 0.4) is 0 Å². The molecule has 0 aliphatic rings. The van der Waals surface area contributed by atoms with Gasteiger partial charge in [-0.05, 0) is 35.4 Å². The predicted molar refractivity (Wildman–Crippen MR) is 62.7 cm³/mol. The highest BCUT2D eigenvalue weighted by atomic mass is 35.5. The number of benzene rings is 1. The summed E-state index contributed by atoms with van der Waals surface area (Å²) in [6.07, 6.45) is 0. The third-order valence-electron chi connectivity index (χ3n) is 2.47. The highest BCUT2D eigenvalue weighted by Crippen LogP contribution is 2.34. The minimum absolute atomic E-state index is 0.501. The second kappa shape index (κ2) is 3.79. The van der Waals surface area contributed by atoms with Crippen molar-refractivity contribution >= 4 is 33.0 Å². The van der Waals surface area contributed by atoms with Gasteiger partial charge in [-0.3, -0.25) is 0 Å². The monoisotopic (exact) mass is 226 g/mol. The molecule has 1 heterocycles. The molecule has 0 atom stereocenters. The molecule has 2 aromatic rings. The number of aryl methyl sites for hydroxylation is 1. The second-order valence-electron chi connectivity index (χ2n) is 3.15. The van der Waals surface area contributed by atoms with Gasteiger partial charge in [0.2, 0.25) is 0 Å². The first-order valence-corrected chi connectivity index (χ1v) is 5.79. The van der Waals surface area contributed by atoms with Crippen LogP contribution in [0.4, 0.5) is 0 Å². The molecule has 0 saturated heterocycles. The average molecular weight is 227 g/mol. The van der Waals surface area contributed by atoms with Crippen molar-refractivity contribution in [2.75, 3.05) is 7.11 Å². The van der Waals surface area contributed by atoms with Crippen LogP contribution in [-0.4, -0.2) is 7.11 Å². The Kier molecular flexibility index (Phi) is 2.66. The lowest BCUT2D eigenvalue weighted by atomic mass is 10.1. The zero-order chi connectivity index (χ0) is 10.1. The molecule has 1 nitrogen and oxygen atoms in total. The van der Waals surface area contributed by atoms with E-state index in [1.54, 1.807) is 18.4 Å². The summed E-state index contributed by atoms with van der Waals surface area (Å²) in [7, 11) is 1.68. The minimum atomic E-state index is 0.501. The van der Waals surface area contributed by atoms with Crippen LogP contribution in [0.1, 0.15) is 11.1 Å². The lowest BCUT2D eigenvalue weighted by Crippen LogP contribution is -1.92. The normalized spacial score (nSPS) is 10.8. The first-order valence-electron chi connectivity index (χ1n) is 4.37. The molecule has 2 rings (SSSR count). The number of alkyl halides is 1. The summed E-state index contributed by atoms with van der Waals surface area (Å²) < 4.78 is 6.57. The van der Waals surface area contributed by atoms with E-state index in [1.807, 2.05) is 0 Å². The van der Waals surface area contributed by atoms with Crippen molar-refractivity contribution < 1.29 is 4.74 Å². The zero-order valence-electron chi connectivity index (χ0n) is 8.13. The number of rotatable bonds is 2. The molecule has 0 fully saturated rings. The fourth-order valence-corrected chi connectivity index (χ4v) is 2.85. The van der Waals surface area contributed by atoms with E-state index in [1.165, 1.54) is 15.6 Å². The van der Waals surface area contributed by atoms with Gasteiger partial charge in [-0.2, -0.15) is 0 Å². The first-order chi connectivity index (χ1) is 6.77. The first kappa shape index (κ1) is 9.81. The van der Waals surface area contributed by atoms with E-state index in [4.69, 9.17) is 16.3 Å². The second-order valence-corrected chi connectivity index (χ2v) is 4.36. The van der Waals surface area contributed by atoms with Gasteiger partial charge in [0.15, 0.2) is 0 Å². The summed E-state index contributed by atoms with van der Waals surface area (Å²) in [4.78, 5) is 0. The Morgan fingerprint density at radius 2 is 2.29 bits per heavy atom. The molecule has 1 aromatic carbocycles. The van der Waals surface area contributed by atoms with Crippen LogP contribution >= 0.6 is 22.9 Å². The van der Waals surface area contributed by atoms with Crippen molar-refractivity contribution in [1.82, 2.24) is 0 Å². The quantitative estimate of drug-likeness (QED) is 0.705. The standard InChI is InChI=1S/C11H11ClOS/c1-7-8-3-4-14-11(8)5-10(13-2)9(7)6-12/h3-5H,6H2,1-2H3. The van der Waals surface area contributed by atoms with Crippen LogP contribution in [0.5, 0.6) is 5.75 Å². The van der Waals surface area contributed by atoms with Gasteiger partial charge in [0.1, 0.15) is 5.75 Å². The Balaban J connectivity index is 2.79. The van der Waals surface area contributed by atoms with E-state index < -0.39 is 0 Å². The summed E-state index contributed by atoms with van der Waals surface area (Å²) >= 11 is 7.63. The van der Waals surface area contributed by atoms with Crippen LogP contribution in [0.2, 0.25) is 0 Å². The lowest BCUT2D eigenvalue weighted by molar-refractivity contribution is 0.411. The number of fused-ring (bicyclic) bond motifs is 1. The summed E-state index contributed by atoms with van der Waals surface area (Å²) in [5, 5.41) is 3.38. The van der Waals surface area contributed by atoms with E-state index in [-0.39, 0.29) is 0 Å². The Labute approximate surface area is 92.3 Å². The van der Waals surface area contributed by atoms with Gasteiger partial charge in [0.05, 0.1) is 13.0 Å². The van der Waals surface area contributed by atoms with Crippen LogP contribution in [0.15, 0.2) is 17.5 Å². The third kappa shape index (κ3) is 1.39. The van der Waals surface area contributed by atoms with Crippen LogP contribution in [0.25, 0.3) is 10.1 Å². The van der Waals surface area contributed by atoms with Crippen molar-refractivity contribution in [2.24, 2.45) is 0 Å². The molecule has 3 heteroatoms. The van der Waals surface area contributed by atoms with Gasteiger partial charge < -0.3 is 4.74 Å². The van der Waals surface area contributed by atoms with Gasteiger partial charge in [-0.25, -0.2) is 0 Å². The maximum Gasteiger partial charge on any atom is 0.124 e. The molecule has 0 spiro atoms. The molecule has 14 heavy (non-hydrogen) atoms. The molecule has 0 bridgehead atoms. The molecular weight excluding hydrogens is 216 g/mol. The number of ether oxygens (including phenoxy) is 1. The predicted octanol–water partition coefficient (Wildman–Crippen LogP) is 3.96. The van der Waals surface area contributed by atoms with Gasteiger partial charge >= 0.3 is 0 Å². The van der Waals surface area contributed by atoms with Crippen molar-refractivity contribution in [3.63, 3.8) is 0 Å². The van der Waals surface area contributed by atoms with Crippen molar-refractivity contribution in [3.05, 3.63) is 28.6 Å². The zero-order valence-corrected chi connectivity index (χ0v) is 9.71. The van der Waals surface area contributed by atoms with E-state index in [9.17, 15) is 0 Å². The molecule has 0 unspecified atom stereocenters. The number of halogens is 1. The number of thiophene rings is 1. The lowest BCUT2D eigenvalue weighted by Gasteiger charge is -2.10. The van der Waals surface area contributed by atoms with E-state index in [2.05, 4.69) is 24.4 Å². The highest BCUT2D eigenvalue weighted by Gasteiger charge is 2.10. The number of methoxy groups -OCH3 is 1. The van der Waals surface area contributed by atoms with E-state index >= 15 is 0 Å². The summed E-state index contributed by atoms with van der Waals surface area (Å²) in [6.45, 7) is 2.09. The Bertz CT molecular complexity index is 462. The fraction of sp³-hybridized carbons (Fsp3) is 0.273. The molecule has 0 aliphatic heterocycles. The van der Waals surface area contributed by atoms with Gasteiger partial charge in [0.25, 0.3) is 0 Å². The SMILES string of the molecule is COc1cc2sccc2c(C)c1CCl. The van der Waals surface area contributed by atoms with Gasteiger partial charge in [-0.15, -0.1) is 22.9 Å². The molecule has 0 amide bonds. The molecule has 0 radical (unpaired) electrons. The third-order valence-corrected chi connectivity index (χ3v) is 3.60. The number of hydrogen-bond donors (Lipinski definition) is 0. The molecule has 74 valence electrons. The average Bonchev–Trinajstić information content (AvgIpc) is 2.65. The maximum absolute atomic E-state index is 5.91. The van der Waals surface area contributed by atoms with E-state index in [0.29, 0.717) is 5.88 Å². The molecule has 0 N–H and O–H groups in total. The molecular formula is C11H11ClOS. The largest absolute Gasteiger partial charge is 0.496 e. The van der Waals surface area contributed by atoms with Gasteiger partial charge in [0, 0.05) is 10.3 Å². The van der Waals surface area contributed by atoms with Crippen LogP contribution < -0.4 is 4.74 Å². The summed E-state index contributed by atoms with van der Waals surface area (Å²) in [5.41, 5.74) is 2.33. The molecule has 0 saturated carbocycles. The topological polar surface area (TPSA) is 9.23 Å². The minimum Gasteiger partial charge on any atom is -0.496 e. The summed E-state index contributed by atoms with van der Waals surface area (Å²) in [6, 6.07) is 4.19. The Morgan fingerprint density at radius 1 is 1.50 bits per heavy atom. The van der Waals surface area contributed by atoms with Crippen LogP contribution in [0, 0.1) is 6.92 Å². The fourth-order valence-electron chi connectivity index (χ4n) is 1.64. The highest BCUT2D eigenvalue weighted by molar-refractivity contribution is 7.17.